The molecule has 96 valence electrons. The molecule has 1 aliphatic rings. The number of rotatable bonds is 1. The zero-order valence-corrected chi connectivity index (χ0v) is 10.7. The van der Waals surface area contributed by atoms with E-state index in [1.165, 1.54) is 30.4 Å². The Balaban J connectivity index is 2.44. The smallest absolute Gasteiger partial charge is 0.207 e. The fraction of sp³-hybridized carbons (Fsp3) is 0.231. The molecule has 0 heterocycles. The van der Waals surface area contributed by atoms with Crippen molar-refractivity contribution in [2.45, 2.75) is 18.5 Å². The van der Waals surface area contributed by atoms with E-state index in [2.05, 4.69) is 15.9 Å². The minimum Gasteiger partial charge on any atom is -0.207 e. The second-order valence-electron chi connectivity index (χ2n) is 4.02. The molecule has 2 rings (SSSR count). The van der Waals surface area contributed by atoms with Crippen molar-refractivity contribution < 1.29 is 17.6 Å². The standard InChI is InChI=1S/C13H9BrF4/c14-9-3-6-12(13(16,17)18)11(7-9)8-1-4-10(15)5-2-8/h1,3-8H,2H2. The van der Waals surface area contributed by atoms with Gasteiger partial charge in [-0.1, -0.05) is 22.0 Å². The second-order valence-corrected chi connectivity index (χ2v) is 4.94. The molecule has 0 N–H and O–H groups in total. The first-order valence-corrected chi connectivity index (χ1v) is 6.08. The summed E-state index contributed by atoms with van der Waals surface area (Å²) in [6, 6.07) is 3.84. The molecule has 0 nitrogen and oxygen atoms in total. The third-order valence-corrected chi connectivity index (χ3v) is 3.27. The van der Waals surface area contributed by atoms with Gasteiger partial charge >= 0.3 is 6.18 Å². The first-order valence-electron chi connectivity index (χ1n) is 5.28. The van der Waals surface area contributed by atoms with E-state index in [1.807, 2.05) is 0 Å². The third-order valence-electron chi connectivity index (χ3n) is 2.77. The molecule has 0 spiro atoms. The molecule has 0 fully saturated rings. The van der Waals surface area contributed by atoms with Gasteiger partial charge in [0.05, 0.1) is 5.56 Å². The summed E-state index contributed by atoms with van der Waals surface area (Å²) in [4.78, 5) is 0. The van der Waals surface area contributed by atoms with Gasteiger partial charge in [-0.15, -0.1) is 0 Å². The van der Waals surface area contributed by atoms with Crippen molar-refractivity contribution in [1.82, 2.24) is 0 Å². The van der Waals surface area contributed by atoms with E-state index in [4.69, 9.17) is 0 Å². The van der Waals surface area contributed by atoms with Crippen molar-refractivity contribution in [3.05, 3.63) is 57.9 Å². The first kappa shape index (κ1) is 13.3. The Bertz CT molecular complexity index is 514. The van der Waals surface area contributed by atoms with Crippen LogP contribution in [-0.4, -0.2) is 0 Å². The van der Waals surface area contributed by atoms with Crippen molar-refractivity contribution in [3.63, 3.8) is 0 Å². The van der Waals surface area contributed by atoms with Gasteiger partial charge in [0, 0.05) is 10.4 Å². The molecule has 5 heteroatoms. The van der Waals surface area contributed by atoms with Crippen molar-refractivity contribution in [3.8, 4) is 0 Å². The van der Waals surface area contributed by atoms with Crippen LogP contribution in [0.25, 0.3) is 0 Å². The largest absolute Gasteiger partial charge is 0.416 e. The van der Waals surface area contributed by atoms with E-state index in [1.54, 1.807) is 0 Å². The van der Waals surface area contributed by atoms with E-state index >= 15 is 0 Å². The van der Waals surface area contributed by atoms with Crippen LogP contribution in [0.3, 0.4) is 0 Å². The molecule has 0 saturated heterocycles. The second kappa shape index (κ2) is 4.88. The Labute approximate surface area is 110 Å². The SMILES string of the molecule is FC1=CCC(c2cc(Br)ccc2C(F)(F)F)C=C1. The average molecular weight is 321 g/mol. The predicted molar refractivity (Wildman–Crippen MR) is 64.8 cm³/mol. The monoisotopic (exact) mass is 320 g/mol. The highest BCUT2D eigenvalue weighted by Gasteiger charge is 2.34. The number of alkyl halides is 3. The molecule has 0 saturated carbocycles. The van der Waals surface area contributed by atoms with Crippen LogP contribution in [0, 0.1) is 0 Å². The lowest BCUT2D eigenvalue weighted by molar-refractivity contribution is -0.138. The number of halogens is 5. The molecule has 1 unspecified atom stereocenters. The van der Waals surface area contributed by atoms with E-state index in [0.717, 1.165) is 6.07 Å². The molecular weight excluding hydrogens is 312 g/mol. The number of hydrogen-bond acceptors (Lipinski definition) is 0. The minimum atomic E-state index is -4.40. The van der Waals surface area contributed by atoms with Crippen LogP contribution in [0.1, 0.15) is 23.5 Å². The lowest BCUT2D eigenvalue weighted by Gasteiger charge is -2.20. The van der Waals surface area contributed by atoms with Gasteiger partial charge in [-0.25, -0.2) is 4.39 Å². The Morgan fingerprint density at radius 2 is 1.94 bits per heavy atom. The van der Waals surface area contributed by atoms with Gasteiger partial charge in [0.25, 0.3) is 0 Å². The van der Waals surface area contributed by atoms with E-state index in [9.17, 15) is 17.6 Å². The summed E-state index contributed by atoms with van der Waals surface area (Å²) in [5, 5.41) is 0. The summed E-state index contributed by atoms with van der Waals surface area (Å²) in [7, 11) is 0. The molecule has 1 aromatic carbocycles. The summed E-state index contributed by atoms with van der Waals surface area (Å²) in [5.41, 5.74) is -0.507. The van der Waals surface area contributed by atoms with Gasteiger partial charge < -0.3 is 0 Å². The Morgan fingerprint density at radius 3 is 2.50 bits per heavy atom. The molecule has 1 aromatic rings. The maximum absolute atomic E-state index is 12.9. The molecule has 18 heavy (non-hydrogen) atoms. The van der Waals surface area contributed by atoms with Crippen LogP contribution in [-0.2, 0) is 6.18 Å². The fourth-order valence-electron chi connectivity index (χ4n) is 1.92. The van der Waals surface area contributed by atoms with Crippen molar-refractivity contribution in [1.29, 1.82) is 0 Å². The van der Waals surface area contributed by atoms with Crippen LogP contribution >= 0.6 is 15.9 Å². The van der Waals surface area contributed by atoms with Gasteiger partial charge in [0.1, 0.15) is 5.83 Å². The third kappa shape index (κ3) is 2.83. The Hall–Kier alpha value is -1.10. The molecule has 1 atom stereocenters. The fourth-order valence-corrected chi connectivity index (χ4v) is 2.30. The van der Waals surface area contributed by atoms with Gasteiger partial charge in [0.2, 0.25) is 0 Å². The van der Waals surface area contributed by atoms with E-state index < -0.39 is 23.5 Å². The molecule has 0 aromatic heterocycles. The van der Waals surface area contributed by atoms with Gasteiger partial charge in [0.15, 0.2) is 0 Å². The molecule has 0 aliphatic heterocycles. The predicted octanol–water partition coefficient (Wildman–Crippen LogP) is 5.36. The highest BCUT2D eigenvalue weighted by Crippen LogP contribution is 2.39. The van der Waals surface area contributed by atoms with Crippen LogP contribution in [0.5, 0.6) is 0 Å². The summed E-state index contributed by atoms with van der Waals surface area (Å²) < 4.78 is 52.1. The van der Waals surface area contributed by atoms with Crippen molar-refractivity contribution >= 4 is 15.9 Å². The summed E-state index contributed by atoms with van der Waals surface area (Å²) in [5.74, 6) is -0.853. The topological polar surface area (TPSA) is 0 Å². The van der Waals surface area contributed by atoms with Crippen molar-refractivity contribution in [2.24, 2.45) is 0 Å². The zero-order chi connectivity index (χ0) is 13.3. The summed E-state index contributed by atoms with van der Waals surface area (Å²) in [6.07, 6.45) is -0.196. The lowest BCUT2D eigenvalue weighted by atomic mass is 9.89. The molecule has 0 amide bonds. The van der Waals surface area contributed by atoms with Crippen molar-refractivity contribution in [2.75, 3.05) is 0 Å². The zero-order valence-electron chi connectivity index (χ0n) is 9.14. The Kier molecular flexibility index (Phi) is 3.61. The lowest BCUT2D eigenvalue weighted by Crippen LogP contribution is -2.12. The maximum Gasteiger partial charge on any atom is 0.416 e. The molecule has 0 bridgehead atoms. The van der Waals surface area contributed by atoms with Crippen LogP contribution in [0.15, 0.2) is 46.7 Å². The molecular formula is C13H9BrF4. The van der Waals surface area contributed by atoms with Gasteiger partial charge in [-0.2, -0.15) is 13.2 Å². The first-order chi connectivity index (χ1) is 8.38. The molecule has 1 aliphatic carbocycles. The number of hydrogen-bond donors (Lipinski definition) is 0. The van der Waals surface area contributed by atoms with Gasteiger partial charge in [-0.05, 0) is 42.3 Å². The summed E-state index contributed by atoms with van der Waals surface area (Å²) >= 11 is 3.16. The normalized spacial score (nSPS) is 19.8. The number of allylic oxidation sites excluding steroid dienone is 4. The maximum atomic E-state index is 12.9. The highest BCUT2D eigenvalue weighted by atomic mass is 79.9. The van der Waals surface area contributed by atoms with Crippen LogP contribution in [0.4, 0.5) is 17.6 Å². The van der Waals surface area contributed by atoms with E-state index in [-0.39, 0.29) is 12.0 Å². The van der Waals surface area contributed by atoms with E-state index in [0.29, 0.717) is 4.47 Å². The number of benzene rings is 1. The van der Waals surface area contributed by atoms with Gasteiger partial charge in [-0.3, -0.25) is 0 Å². The van der Waals surface area contributed by atoms with Crippen LogP contribution < -0.4 is 0 Å². The Morgan fingerprint density at radius 1 is 1.22 bits per heavy atom. The minimum absolute atomic E-state index is 0.164. The molecule has 0 radical (unpaired) electrons. The van der Waals surface area contributed by atoms with Crippen LogP contribution in [0.2, 0.25) is 0 Å². The quantitative estimate of drug-likeness (QED) is 0.611. The highest BCUT2D eigenvalue weighted by molar-refractivity contribution is 9.10. The summed E-state index contributed by atoms with van der Waals surface area (Å²) in [6.45, 7) is 0. The average Bonchev–Trinajstić information content (AvgIpc) is 2.28.